The van der Waals surface area contributed by atoms with Crippen molar-refractivity contribution >= 4 is 5.97 Å². The Kier molecular flexibility index (Phi) is 8.80. The summed E-state index contributed by atoms with van der Waals surface area (Å²) in [6, 6.07) is 0. The van der Waals surface area contributed by atoms with Crippen LogP contribution in [0.25, 0.3) is 0 Å². The molecule has 16 atom stereocenters. The zero-order valence-corrected chi connectivity index (χ0v) is 26.6. The van der Waals surface area contributed by atoms with Crippen LogP contribution in [0.15, 0.2) is 12.2 Å². The number of carbonyl (C=O) groups excluding carboxylic acids is 1. The third-order valence-corrected chi connectivity index (χ3v) is 13.2. The second-order valence-electron chi connectivity index (χ2n) is 15.6. The maximum absolute atomic E-state index is 14.0. The average Bonchev–Trinajstić information content (AvgIpc) is 3.20. The quantitative estimate of drug-likeness (QED) is 0.121. The van der Waals surface area contributed by atoms with Crippen molar-refractivity contribution in [1.29, 1.82) is 0 Å². The fourth-order valence-electron chi connectivity index (χ4n) is 10.8. The van der Waals surface area contributed by atoms with Crippen molar-refractivity contribution in [3.63, 3.8) is 0 Å². The first kappa shape index (κ1) is 33.7. The number of esters is 1. The Morgan fingerprint density at radius 2 is 1.49 bits per heavy atom. The number of aliphatic hydroxyl groups is 7. The molecule has 7 N–H and O–H groups in total. The van der Waals surface area contributed by atoms with Crippen molar-refractivity contribution < 1.29 is 59.5 Å². The second kappa shape index (κ2) is 11.7. The van der Waals surface area contributed by atoms with E-state index in [2.05, 4.69) is 13.5 Å². The maximum Gasteiger partial charge on any atom is 0.314 e. The van der Waals surface area contributed by atoms with Gasteiger partial charge in [0.2, 0.25) is 6.29 Å². The summed E-state index contributed by atoms with van der Waals surface area (Å²) < 4.78 is 23.8. The van der Waals surface area contributed by atoms with Crippen LogP contribution in [-0.2, 0) is 23.7 Å². The summed E-state index contributed by atoms with van der Waals surface area (Å²) in [5.41, 5.74) is -1.03. The first-order valence-electron chi connectivity index (χ1n) is 16.7. The van der Waals surface area contributed by atoms with Gasteiger partial charge in [0.25, 0.3) is 0 Å². The van der Waals surface area contributed by atoms with Gasteiger partial charge in [-0.15, -0.1) is 0 Å². The van der Waals surface area contributed by atoms with E-state index in [1.165, 1.54) is 0 Å². The van der Waals surface area contributed by atoms with Crippen molar-refractivity contribution in [3.05, 3.63) is 12.2 Å². The summed E-state index contributed by atoms with van der Waals surface area (Å²) in [4.78, 5) is 14.0. The number of carbonyl (C=O) groups is 1. The van der Waals surface area contributed by atoms with E-state index in [1.807, 2.05) is 6.92 Å². The van der Waals surface area contributed by atoms with Crippen LogP contribution in [-0.4, -0.2) is 116 Å². The van der Waals surface area contributed by atoms with E-state index in [0.29, 0.717) is 19.3 Å². The lowest BCUT2D eigenvalue weighted by Crippen LogP contribution is -2.62. The zero-order chi connectivity index (χ0) is 32.7. The molecule has 12 nitrogen and oxygen atoms in total. The van der Waals surface area contributed by atoms with Crippen molar-refractivity contribution in [1.82, 2.24) is 0 Å². The van der Waals surface area contributed by atoms with Crippen LogP contribution in [0.4, 0.5) is 0 Å². The van der Waals surface area contributed by atoms with Crippen LogP contribution in [0.2, 0.25) is 0 Å². The van der Waals surface area contributed by atoms with Gasteiger partial charge in [-0.2, -0.15) is 0 Å². The third-order valence-electron chi connectivity index (χ3n) is 13.2. The van der Waals surface area contributed by atoms with Crippen molar-refractivity contribution in [2.24, 2.45) is 34.0 Å². The molecule has 45 heavy (non-hydrogen) atoms. The molecule has 4 saturated carbocycles. The monoisotopic (exact) mass is 640 g/mol. The molecule has 0 amide bonds. The fourth-order valence-corrected chi connectivity index (χ4v) is 10.8. The van der Waals surface area contributed by atoms with E-state index in [1.54, 1.807) is 6.92 Å². The highest BCUT2D eigenvalue weighted by molar-refractivity contribution is 5.77. The first-order valence-corrected chi connectivity index (χ1v) is 16.7. The minimum absolute atomic E-state index is 0.00725. The topological polar surface area (TPSA) is 196 Å². The molecule has 2 heterocycles. The van der Waals surface area contributed by atoms with Crippen molar-refractivity contribution in [3.8, 4) is 0 Å². The lowest BCUT2D eigenvalue weighted by atomic mass is 9.41. The zero-order valence-electron chi connectivity index (χ0n) is 26.6. The van der Waals surface area contributed by atoms with Gasteiger partial charge in [0, 0.05) is 5.92 Å². The molecule has 6 fully saturated rings. The minimum Gasteiger partial charge on any atom is -0.432 e. The number of aliphatic hydroxyl groups excluding tert-OH is 7. The Hall–Kier alpha value is -1.19. The van der Waals surface area contributed by atoms with Crippen LogP contribution in [0.5, 0.6) is 0 Å². The fraction of sp³-hybridized carbons (Fsp3) is 0.909. The normalized spacial score (nSPS) is 54.7. The number of rotatable bonds is 6. The van der Waals surface area contributed by atoms with Gasteiger partial charge >= 0.3 is 5.97 Å². The lowest BCUT2D eigenvalue weighted by molar-refractivity contribution is -0.327. The summed E-state index contributed by atoms with van der Waals surface area (Å²) >= 11 is 0. The third kappa shape index (κ3) is 5.05. The summed E-state index contributed by atoms with van der Waals surface area (Å²) in [5, 5.41) is 71.9. The van der Waals surface area contributed by atoms with E-state index in [9.17, 15) is 40.5 Å². The molecule has 256 valence electrons. The van der Waals surface area contributed by atoms with Crippen molar-refractivity contribution in [2.45, 2.75) is 139 Å². The molecule has 12 heteroatoms. The van der Waals surface area contributed by atoms with E-state index in [4.69, 9.17) is 18.9 Å². The predicted molar refractivity (Wildman–Crippen MR) is 157 cm³/mol. The van der Waals surface area contributed by atoms with Crippen LogP contribution < -0.4 is 0 Å². The van der Waals surface area contributed by atoms with Crippen LogP contribution in [0.3, 0.4) is 0 Å². The molecular formula is C33H52O12. The number of hydrogen-bond acceptors (Lipinski definition) is 12. The van der Waals surface area contributed by atoms with E-state index >= 15 is 0 Å². The standard InChI is InChI=1S/C33H52O12/c1-16-12-32-10-6-20-30(3,8-5-9-31(20,4)29(41)44-27-25(39)22(36)17(2)18(13-34)42-27)21(32)7-11-33(16,15-32)45-28-26(40)24(38)23(37)19(14-35)43-28/h17-28,34-40H,1,5-15H2,2-4H3/t17-,18?,19-,20+,21+,22?,23?,24?,25+,26-,27+,28+,30-,31-,32-,33+/m1/s1. The second-order valence-corrected chi connectivity index (χ2v) is 15.6. The van der Waals surface area contributed by atoms with Gasteiger partial charge in [-0.1, -0.05) is 26.8 Å². The molecule has 2 bridgehead atoms. The summed E-state index contributed by atoms with van der Waals surface area (Å²) in [7, 11) is 0. The molecule has 0 radical (unpaired) electrons. The molecule has 4 aliphatic carbocycles. The van der Waals surface area contributed by atoms with Gasteiger partial charge in [0.1, 0.15) is 30.5 Å². The molecule has 6 rings (SSSR count). The molecule has 0 aromatic rings. The SMILES string of the molecule is C=C1C[C@@]23CC[C@H]4[C@@](C)(CCC[C@@]4(C)C(=O)O[C@@H]4OC(CO)[C@@H](C)C(O)[C@@H]4O)[C@@H]2CC[C@]1(O[C@@H]1O[C@H](CO)C(O)C(O)[C@H]1O)C3. The van der Waals surface area contributed by atoms with Crippen molar-refractivity contribution in [2.75, 3.05) is 13.2 Å². The number of fused-ring (bicyclic) bond motifs is 3. The number of hydrogen-bond donors (Lipinski definition) is 7. The van der Waals surface area contributed by atoms with E-state index in [-0.39, 0.29) is 29.3 Å². The largest absolute Gasteiger partial charge is 0.432 e. The van der Waals surface area contributed by atoms with Gasteiger partial charge < -0.3 is 54.7 Å². The van der Waals surface area contributed by atoms with Crippen LogP contribution >= 0.6 is 0 Å². The van der Waals surface area contributed by atoms with Gasteiger partial charge in [-0.3, -0.25) is 4.79 Å². The molecule has 1 spiro atoms. The van der Waals surface area contributed by atoms with Crippen LogP contribution in [0, 0.1) is 34.0 Å². The smallest absolute Gasteiger partial charge is 0.314 e. The lowest BCUT2D eigenvalue weighted by Gasteiger charge is -2.64. The Balaban J connectivity index is 1.20. The maximum atomic E-state index is 14.0. The Bertz CT molecular complexity index is 1150. The molecule has 2 aliphatic heterocycles. The number of ether oxygens (including phenoxy) is 4. The van der Waals surface area contributed by atoms with Gasteiger partial charge in [0.15, 0.2) is 6.29 Å². The Labute approximate surface area is 264 Å². The molecule has 6 aliphatic rings. The van der Waals surface area contributed by atoms with E-state index in [0.717, 1.165) is 44.1 Å². The van der Waals surface area contributed by atoms with Gasteiger partial charge in [-0.05, 0) is 86.5 Å². The van der Waals surface area contributed by atoms with Crippen LogP contribution in [0.1, 0.15) is 78.6 Å². The summed E-state index contributed by atoms with van der Waals surface area (Å²) in [6.07, 6.45) is -4.64. The Morgan fingerprint density at radius 3 is 2.18 bits per heavy atom. The highest BCUT2D eigenvalue weighted by Crippen LogP contribution is 2.73. The average molecular weight is 641 g/mol. The Morgan fingerprint density at radius 1 is 0.844 bits per heavy atom. The predicted octanol–water partition coefficient (Wildman–Crippen LogP) is 0.513. The van der Waals surface area contributed by atoms with E-state index < -0.39 is 84.8 Å². The highest BCUT2D eigenvalue weighted by Gasteiger charge is 2.69. The highest BCUT2D eigenvalue weighted by atomic mass is 16.7. The molecule has 2 saturated heterocycles. The molecular weight excluding hydrogens is 588 g/mol. The summed E-state index contributed by atoms with van der Waals surface area (Å²) in [5.74, 6) is -0.705. The summed E-state index contributed by atoms with van der Waals surface area (Å²) in [6.45, 7) is 9.45. The first-order chi connectivity index (χ1) is 21.2. The molecule has 0 aromatic carbocycles. The van der Waals surface area contributed by atoms with Gasteiger partial charge in [-0.25, -0.2) is 0 Å². The molecule has 0 aromatic heterocycles. The van der Waals surface area contributed by atoms with Gasteiger partial charge in [0.05, 0.1) is 36.4 Å². The minimum atomic E-state index is -1.52. The molecule has 4 unspecified atom stereocenters.